The van der Waals surface area contributed by atoms with E-state index in [9.17, 15) is 0 Å². The Balaban J connectivity index is 2.10. The average Bonchev–Trinajstić information content (AvgIpc) is 2.93. The van der Waals surface area contributed by atoms with Crippen LogP contribution in [-0.2, 0) is 7.05 Å². The molecule has 0 aliphatic rings. The van der Waals surface area contributed by atoms with Crippen LogP contribution in [0.15, 0.2) is 65.6 Å². The molecule has 0 radical (unpaired) electrons. The Bertz CT molecular complexity index is 748. The largest absolute Gasteiger partial charge is 0.266 e. The zero-order valence-corrected chi connectivity index (χ0v) is 14.5. The molecule has 0 bridgehead atoms. The molecule has 0 fully saturated rings. The standard InChI is InChI=1S/C20H22N2S/c1-3-4-15-23-20-18(16-11-7-5-8-12-16)21-22(2)19(20)17-13-9-6-10-14-17/h5-14H,3-4,15H2,1-2H3. The number of rotatable bonds is 6. The SMILES string of the molecule is CCCCSc1c(-c2ccccc2)nn(C)c1-c1ccccc1. The predicted octanol–water partition coefficient (Wildman–Crippen LogP) is 5.65. The first kappa shape index (κ1) is 15.9. The summed E-state index contributed by atoms with van der Waals surface area (Å²) in [5, 5.41) is 4.83. The highest BCUT2D eigenvalue weighted by molar-refractivity contribution is 7.99. The summed E-state index contributed by atoms with van der Waals surface area (Å²) in [5.41, 5.74) is 4.71. The molecule has 0 unspecified atom stereocenters. The van der Waals surface area contributed by atoms with Crippen molar-refractivity contribution in [1.82, 2.24) is 9.78 Å². The van der Waals surface area contributed by atoms with Crippen molar-refractivity contribution in [2.45, 2.75) is 24.7 Å². The van der Waals surface area contributed by atoms with Crippen molar-refractivity contribution < 1.29 is 0 Å². The van der Waals surface area contributed by atoms with Crippen LogP contribution in [0.2, 0.25) is 0 Å². The van der Waals surface area contributed by atoms with E-state index >= 15 is 0 Å². The number of hydrogen-bond acceptors (Lipinski definition) is 2. The third-order valence-corrected chi connectivity index (χ3v) is 5.01. The second-order valence-corrected chi connectivity index (χ2v) is 6.69. The minimum Gasteiger partial charge on any atom is -0.266 e. The molecule has 0 saturated carbocycles. The van der Waals surface area contributed by atoms with Crippen LogP contribution in [0.4, 0.5) is 0 Å². The van der Waals surface area contributed by atoms with E-state index in [1.54, 1.807) is 0 Å². The van der Waals surface area contributed by atoms with Crippen molar-refractivity contribution in [2.24, 2.45) is 7.05 Å². The average molecular weight is 322 g/mol. The smallest absolute Gasteiger partial charge is 0.107 e. The summed E-state index contributed by atoms with van der Waals surface area (Å²) in [4.78, 5) is 1.29. The molecule has 0 aliphatic heterocycles. The van der Waals surface area contributed by atoms with Crippen molar-refractivity contribution in [1.29, 1.82) is 0 Å². The predicted molar refractivity (Wildman–Crippen MR) is 99.7 cm³/mol. The fraction of sp³-hybridized carbons (Fsp3) is 0.250. The molecule has 2 nitrogen and oxygen atoms in total. The third kappa shape index (κ3) is 3.50. The van der Waals surface area contributed by atoms with Gasteiger partial charge in [-0.2, -0.15) is 5.10 Å². The van der Waals surface area contributed by atoms with Gasteiger partial charge in [0.1, 0.15) is 5.69 Å². The summed E-state index contributed by atoms with van der Waals surface area (Å²) in [6.45, 7) is 2.24. The monoisotopic (exact) mass is 322 g/mol. The topological polar surface area (TPSA) is 17.8 Å². The molecule has 0 saturated heterocycles. The normalized spacial score (nSPS) is 10.9. The Morgan fingerprint density at radius 1 is 0.913 bits per heavy atom. The van der Waals surface area contributed by atoms with Crippen molar-refractivity contribution in [2.75, 3.05) is 5.75 Å². The molecule has 3 aromatic rings. The molecule has 1 aromatic heterocycles. The van der Waals surface area contributed by atoms with Crippen LogP contribution >= 0.6 is 11.8 Å². The molecule has 23 heavy (non-hydrogen) atoms. The Labute approximate surface area is 142 Å². The Morgan fingerprint density at radius 3 is 2.13 bits per heavy atom. The minimum atomic E-state index is 1.09. The van der Waals surface area contributed by atoms with E-state index < -0.39 is 0 Å². The molecule has 0 atom stereocenters. The lowest BCUT2D eigenvalue weighted by Crippen LogP contribution is -1.94. The van der Waals surface area contributed by atoms with Gasteiger partial charge in [0.25, 0.3) is 0 Å². The number of unbranched alkanes of at least 4 members (excludes halogenated alkanes) is 1. The first-order valence-corrected chi connectivity index (χ1v) is 9.10. The van der Waals surface area contributed by atoms with Crippen LogP contribution in [0.1, 0.15) is 19.8 Å². The zero-order valence-electron chi connectivity index (χ0n) is 13.7. The lowest BCUT2D eigenvalue weighted by molar-refractivity contribution is 0.778. The lowest BCUT2D eigenvalue weighted by atomic mass is 10.1. The highest BCUT2D eigenvalue weighted by atomic mass is 32.2. The number of aromatic nitrogens is 2. The number of thioether (sulfide) groups is 1. The molecule has 0 amide bonds. The van der Waals surface area contributed by atoms with Gasteiger partial charge in [-0.15, -0.1) is 11.8 Å². The second-order valence-electron chi connectivity index (χ2n) is 5.58. The molecular weight excluding hydrogens is 300 g/mol. The van der Waals surface area contributed by atoms with Crippen molar-refractivity contribution in [3.05, 3.63) is 60.7 Å². The van der Waals surface area contributed by atoms with Crippen molar-refractivity contribution in [3.63, 3.8) is 0 Å². The van der Waals surface area contributed by atoms with E-state index in [1.807, 2.05) is 23.5 Å². The number of nitrogens with zero attached hydrogens (tertiary/aromatic N) is 2. The highest BCUT2D eigenvalue weighted by Crippen LogP contribution is 2.39. The molecule has 118 valence electrons. The van der Waals surface area contributed by atoms with Crippen LogP contribution in [-0.4, -0.2) is 15.5 Å². The van der Waals surface area contributed by atoms with E-state index in [2.05, 4.69) is 67.6 Å². The number of hydrogen-bond donors (Lipinski definition) is 0. The van der Waals surface area contributed by atoms with Crippen LogP contribution in [0.25, 0.3) is 22.5 Å². The number of aryl methyl sites for hydroxylation is 1. The third-order valence-electron chi connectivity index (χ3n) is 3.84. The molecule has 2 aromatic carbocycles. The van der Waals surface area contributed by atoms with E-state index in [-0.39, 0.29) is 0 Å². The molecular formula is C20H22N2S. The van der Waals surface area contributed by atoms with Crippen LogP contribution in [0.3, 0.4) is 0 Å². The number of benzene rings is 2. The van der Waals surface area contributed by atoms with E-state index in [0.717, 1.165) is 11.4 Å². The van der Waals surface area contributed by atoms with Gasteiger partial charge in [0, 0.05) is 18.2 Å². The van der Waals surface area contributed by atoms with E-state index in [4.69, 9.17) is 5.10 Å². The van der Waals surface area contributed by atoms with Gasteiger partial charge in [0.15, 0.2) is 0 Å². The Morgan fingerprint density at radius 2 is 1.52 bits per heavy atom. The van der Waals surface area contributed by atoms with Gasteiger partial charge in [-0.3, -0.25) is 4.68 Å². The summed E-state index contributed by atoms with van der Waals surface area (Å²) < 4.78 is 2.02. The summed E-state index contributed by atoms with van der Waals surface area (Å²) in [7, 11) is 2.04. The fourth-order valence-corrected chi connectivity index (χ4v) is 3.98. The van der Waals surface area contributed by atoms with Crippen LogP contribution in [0.5, 0.6) is 0 Å². The molecule has 0 spiro atoms. The first-order chi connectivity index (χ1) is 11.3. The van der Waals surface area contributed by atoms with Gasteiger partial charge in [0.05, 0.1) is 10.6 Å². The molecule has 1 heterocycles. The van der Waals surface area contributed by atoms with Crippen LogP contribution < -0.4 is 0 Å². The molecule has 3 rings (SSSR count). The van der Waals surface area contributed by atoms with Gasteiger partial charge in [0.2, 0.25) is 0 Å². The Kier molecular flexibility index (Phi) is 5.19. The van der Waals surface area contributed by atoms with Gasteiger partial charge in [-0.05, 0) is 12.2 Å². The zero-order chi connectivity index (χ0) is 16.1. The molecule has 0 aliphatic carbocycles. The summed E-state index contributed by atoms with van der Waals surface area (Å²) >= 11 is 1.93. The highest BCUT2D eigenvalue weighted by Gasteiger charge is 2.19. The summed E-state index contributed by atoms with van der Waals surface area (Å²) in [5.74, 6) is 1.13. The summed E-state index contributed by atoms with van der Waals surface area (Å²) in [6.07, 6.45) is 2.44. The maximum atomic E-state index is 4.83. The lowest BCUT2D eigenvalue weighted by Gasteiger charge is -2.07. The Hall–Kier alpha value is -2.00. The maximum Gasteiger partial charge on any atom is 0.107 e. The van der Waals surface area contributed by atoms with E-state index in [1.165, 1.54) is 34.6 Å². The quantitative estimate of drug-likeness (QED) is 0.431. The van der Waals surface area contributed by atoms with Crippen molar-refractivity contribution >= 4 is 11.8 Å². The molecule has 0 N–H and O–H groups in total. The van der Waals surface area contributed by atoms with Crippen LogP contribution in [0, 0.1) is 0 Å². The summed E-state index contributed by atoms with van der Waals surface area (Å²) in [6, 6.07) is 21.0. The molecule has 3 heteroatoms. The first-order valence-electron chi connectivity index (χ1n) is 8.12. The minimum absolute atomic E-state index is 1.09. The maximum absolute atomic E-state index is 4.83. The second kappa shape index (κ2) is 7.51. The van der Waals surface area contributed by atoms with Gasteiger partial charge in [-0.1, -0.05) is 74.0 Å². The fourth-order valence-electron chi connectivity index (χ4n) is 2.66. The van der Waals surface area contributed by atoms with Crippen molar-refractivity contribution in [3.8, 4) is 22.5 Å². The van der Waals surface area contributed by atoms with Gasteiger partial charge in [-0.25, -0.2) is 0 Å². The van der Waals surface area contributed by atoms with Gasteiger partial charge < -0.3 is 0 Å². The van der Waals surface area contributed by atoms with E-state index in [0.29, 0.717) is 0 Å². The van der Waals surface area contributed by atoms with Gasteiger partial charge >= 0.3 is 0 Å².